The molecule has 0 aliphatic carbocycles. The SMILES string of the molecule is CC(C)(C)n1cc(CNc2ccc(Br)c([N+](=O)[O-])c2)cn1. The second-order valence-corrected chi connectivity index (χ2v) is 6.60. The highest BCUT2D eigenvalue weighted by molar-refractivity contribution is 9.10. The molecule has 1 aromatic heterocycles. The fraction of sp³-hybridized carbons (Fsp3) is 0.357. The van der Waals surface area contributed by atoms with Crippen molar-refractivity contribution in [1.29, 1.82) is 0 Å². The summed E-state index contributed by atoms with van der Waals surface area (Å²) in [6, 6.07) is 4.97. The summed E-state index contributed by atoms with van der Waals surface area (Å²) in [5, 5.41) is 18.4. The first-order valence-corrected chi connectivity index (χ1v) is 7.28. The van der Waals surface area contributed by atoms with E-state index in [0.29, 0.717) is 16.7 Å². The number of nitro benzene ring substituents is 1. The molecule has 0 fully saturated rings. The van der Waals surface area contributed by atoms with Crippen LogP contribution in [-0.4, -0.2) is 14.7 Å². The largest absolute Gasteiger partial charge is 0.381 e. The Morgan fingerprint density at radius 2 is 2.14 bits per heavy atom. The maximum atomic E-state index is 10.9. The molecule has 2 rings (SSSR count). The van der Waals surface area contributed by atoms with Crippen LogP contribution >= 0.6 is 15.9 Å². The summed E-state index contributed by atoms with van der Waals surface area (Å²) in [5.41, 5.74) is 1.71. The van der Waals surface area contributed by atoms with Gasteiger partial charge in [0.15, 0.2) is 0 Å². The second kappa shape index (κ2) is 5.85. The van der Waals surface area contributed by atoms with Gasteiger partial charge in [0.2, 0.25) is 0 Å². The van der Waals surface area contributed by atoms with Gasteiger partial charge >= 0.3 is 0 Å². The molecular weight excluding hydrogens is 336 g/mol. The standard InChI is InChI=1S/C14H17BrN4O2/c1-14(2,3)18-9-10(8-17-18)7-16-11-4-5-12(15)13(6-11)19(20)21/h4-6,8-9,16H,7H2,1-3H3. The smallest absolute Gasteiger partial charge is 0.285 e. The van der Waals surface area contributed by atoms with Crippen molar-refractivity contribution in [2.24, 2.45) is 0 Å². The van der Waals surface area contributed by atoms with Gasteiger partial charge in [0.1, 0.15) is 0 Å². The zero-order valence-corrected chi connectivity index (χ0v) is 13.7. The molecule has 1 aromatic carbocycles. The molecule has 0 saturated carbocycles. The van der Waals surface area contributed by atoms with Gasteiger partial charge < -0.3 is 5.32 Å². The fourth-order valence-corrected chi connectivity index (χ4v) is 2.18. The molecule has 0 atom stereocenters. The van der Waals surface area contributed by atoms with Gasteiger partial charge in [0.25, 0.3) is 5.69 Å². The van der Waals surface area contributed by atoms with Gasteiger partial charge in [-0.15, -0.1) is 0 Å². The number of hydrogen-bond donors (Lipinski definition) is 1. The summed E-state index contributed by atoms with van der Waals surface area (Å²) >= 11 is 3.17. The summed E-state index contributed by atoms with van der Waals surface area (Å²) in [5.74, 6) is 0. The highest BCUT2D eigenvalue weighted by atomic mass is 79.9. The summed E-state index contributed by atoms with van der Waals surface area (Å²) in [7, 11) is 0. The molecule has 2 aromatic rings. The Kier molecular flexibility index (Phi) is 4.32. The van der Waals surface area contributed by atoms with Gasteiger partial charge in [-0.3, -0.25) is 14.8 Å². The van der Waals surface area contributed by atoms with Gasteiger partial charge in [0.05, 0.1) is 21.1 Å². The molecule has 0 bridgehead atoms. The molecule has 0 amide bonds. The van der Waals surface area contributed by atoms with Crippen molar-refractivity contribution in [3.05, 3.63) is 50.7 Å². The average Bonchev–Trinajstić information content (AvgIpc) is 2.86. The zero-order chi connectivity index (χ0) is 15.6. The van der Waals surface area contributed by atoms with Crippen LogP contribution in [0.2, 0.25) is 0 Å². The lowest BCUT2D eigenvalue weighted by Crippen LogP contribution is -2.21. The van der Waals surface area contributed by atoms with E-state index in [9.17, 15) is 10.1 Å². The van der Waals surface area contributed by atoms with Crippen LogP contribution in [0.1, 0.15) is 26.3 Å². The molecule has 0 saturated heterocycles. The summed E-state index contributed by atoms with van der Waals surface area (Å²) in [6.07, 6.45) is 3.77. The van der Waals surface area contributed by atoms with E-state index in [0.717, 1.165) is 5.56 Å². The third-order valence-corrected chi connectivity index (χ3v) is 3.63. The molecule has 112 valence electrons. The van der Waals surface area contributed by atoms with Gasteiger partial charge in [-0.2, -0.15) is 5.10 Å². The lowest BCUT2D eigenvalue weighted by atomic mass is 10.1. The minimum atomic E-state index is -0.410. The van der Waals surface area contributed by atoms with Crippen molar-refractivity contribution in [3.8, 4) is 0 Å². The molecular formula is C14H17BrN4O2. The van der Waals surface area contributed by atoms with E-state index in [1.807, 2.05) is 10.9 Å². The average molecular weight is 353 g/mol. The molecule has 0 aliphatic heterocycles. The van der Waals surface area contributed by atoms with Crippen molar-refractivity contribution in [1.82, 2.24) is 9.78 Å². The van der Waals surface area contributed by atoms with Gasteiger partial charge in [-0.25, -0.2) is 0 Å². The van der Waals surface area contributed by atoms with Crippen LogP contribution in [0.25, 0.3) is 0 Å². The fourth-order valence-electron chi connectivity index (χ4n) is 1.78. The first-order chi connectivity index (χ1) is 9.77. The van der Waals surface area contributed by atoms with E-state index in [-0.39, 0.29) is 11.2 Å². The number of benzene rings is 1. The molecule has 6 nitrogen and oxygen atoms in total. The lowest BCUT2D eigenvalue weighted by Gasteiger charge is -2.18. The maximum Gasteiger partial charge on any atom is 0.285 e. The monoisotopic (exact) mass is 352 g/mol. The van der Waals surface area contributed by atoms with Crippen LogP contribution in [0, 0.1) is 10.1 Å². The third kappa shape index (κ3) is 3.81. The third-order valence-electron chi connectivity index (χ3n) is 2.96. The highest BCUT2D eigenvalue weighted by Gasteiger charge is 2.14. The number of anilines is 1. The van der Waals surface area contributed by atoms with E-state index in [1.165, 1.54) is 6.07 Å². The Balaban J connectivity index is 2.08. The number of aromatic nitrogens is 2. The first kappa shape index (κ1) is 15.5. The number of hydrogen-bond acceptors (Lipinski definition) is 4. The van der Waals surface area contributed by atoms with E-state index >= 15 is 0 Å². The minimum absolute atomic E-state index is 0.0467. The topological polar surface area (TPSA) is 73.0 Å². The van der Waals surface area contributed by atoms with Crippen LogP contribution in [0.4, 0.5) is 11.4 Å². The molecule has 0 spiro atoms. The van der Waals surface area contributed by atoms with Crippen molar-refractivity contribution in [2.75, 3.05) is 5.32 Å². The van der Waals surface area contributed by atoms with Crippen molar-refractivity contribution >= 4 is 27.3 Å². The van der Waals surface area contributed by atoms with Crippen LogP contribution in [0.3, 0.4) is 0 Å². The van der Waals surface area contributed by atoms with Crippen LogP contribution in [0.5, 0.6) is 0 Å². The Morgan fingerprint density at radius 3 is 2.71 bits per heavy atom. The maximum absolute atomic E-state index is 10.9. The van der Waals surface area contributed by atoms with Gasteiger partial charge in [-0.05, 0) is 48.8 Å². The van der Waals surface area contributed by atoms with Crippen molar-refractivity contribution in [3.63, 3.8) is 0 Å². The first-order valence-electron chi connectivity index (χ1n) is 6.49. The number of nitrogens with one attached hydrogen (secondary N) is 1. The molecule has 0 unspecified atom stereocenters. The Hall–Kier alpha value is -1.89. The van der Waals surface area contributed by atoms with E-state index in [2.05, 4.69) is 47.1 Å². The Morgan fingerprint density at radius 1 is 1.43 bits per heavy atom. The van der Waals surface area contributed by atoms with E-state index < -0.39 is 4.92 Å². The number of rotatable bonds is 4. The normalized spacial score (nSPS) is 11.4. The number of nitrogens with zero attached hydrogens (tertiary/aromatic N) is 3. The van der Waals surface area contributed by atoms with Gasteiger partial charge in [0, 0.05) is 30.1 Å². The van der Waals surface area contributed by atoms with Crippen LogP contribution < -0.4 is 5.32 Å². The van der Waals surface area contributed by atoms with E-state index in [1.54, 1.807) is 18.3 Å². The molecule has 0 aliphatic rings. The highest BCUT2D eigenvalue weighted by Crippen LogP contribution is 2.28. The lowest BCUT2D eigenvalue weighted by molar-refractivity contribution is -0.385. The van der Waals surface area contributed by atoms with Crippen molar-refractivity contribution < 1.29 is 4.92 Å². The van der Waals surface area contributed by atoms with E-state index in [4.69, 9.17) is 0 Å². The minimum Gasteiger partial charge on any atom is -0.381 e. The second-order valence-electron chi connectivity index (χ2n) is 5.74. The van der Waals surface area contributed by atoms with Crippen LogP contribution in [-0.2, 0) is 12.1 Å². The molecule has 21 heavy (non-hydrogen) atoms. The van der Waals surface area contributed by atoms with Gasteiger partial charge in [-0.1, -0.05) is 0 Å². The molecule has 7 heteroatoms. The Labute approximate surface area is 131 Å². The zero-order valence-electron chi connectivity index (χ0n) is 12.1. The summed E-state index contributed by atoms with van der Waals surface area (Å²) in [6.45, 7) is 6.80. The summed E-state index contributed by atoms with van der Waals surface area (Å²) < 4.78 is 2.37. The Bertz CT molecular complexity index is 661. The molecule has 0 radical (unpaired) electrons. The van der Waals surface area contributed by atoms with Crippen molar-refractivity contribution in [2.45, 2.75) is 32.9 Å². The predicted molar refractivity (Wildman–Crippen MR) is 85.3 cm³/mol. The van der Waals surface area contributed by atoms with Crippen LogP contribution in [0.15, 0.2) is 35.1 Å². The molecule has 1 heterocycles. The predicted octanol–water partition coefficient (Wildman–Crippen LogP) is 3.92. The number of nitro groups is 1. The number of halogens is 1. The molecule has 1 N–H and O–H groups in total. The summed E-state index contributed by atoms with van der Waals surface area (Å²) in [4.78, 5) is 10.5. The quantitative estimate of drug-likeness (QED) is 0.668.